The topological polar surface area (TPSA) is 84.6 Å². The molecular formula is C14H28N2O3S. The van der Waals surface area contributed by atoms with Crippen LogP contribution in [0, 0.1) is 5.41 Å². The zero-order valence-corrected chi connectivity index (χ0v) is 14.0. The molecular weight excluding hydrogens is 276 g/mol. The molecule has 0 aromatic carbocycles. The number of aliphatic hydroxyl groups is 1. The van der Waals surface area contributed by atoms with Crippen LogP contribution < -0.4 is 11.1 Å². The molecule has 1 saturated carbocycles. The molecule has 1 aliphatic rings. The Balaban J connectivity index is 2.60. The van der Waals surface area contributed by atoms with Gasteiger partial charge in [-0.05, 0) is 20.1 Å². The highest BCUT2D eigenvalue weighted by atomic mass is 32.2. The van der Waals surface area contributed by atoms with Crippen molar-refractivity contribution in [2.45, 2.75) is 51.4 Å². The third-order valence-electron chi connectivity index (χ3n) is 4.32. The van der Waals surface area contributed by atoms with Crippen molar-refractivity contribution < 1.29 is 14.6 Å². The standard InChI is InChI=1S/C14H28N2O3S/c1-6-19-10-7-14(15,12(10,2)3)11(17)16-8-13(4,18)9-20-5/h10,18H,6-9,15H2,1-5H3,(H,16,17). The van der Waals surface area contributed by atoms with Gasteiger partial charge in [-0.25, -0.2) is 0 Å². The average Bonchev–Trinajstić information content (AvgIpc) is 2.35. The van der Waals surface area contributed by atoms with E-state index in [1.54, 1.807) is 18.7 Å². The Bertz CT molecular complexity index is 360. The lowest BCUT2D eigenvalue weighted by Gasteiger charge is -2.57. The molecule has 0 saturated heterocycles. The average molecular weight is 304 g/mol. The summed E-state index contributed by atoms with van der Waals surface area (Å²) in [5, 5.41) is 12.9. The molecule has 0 aromatic heterocycles. The molecule has 3 unspecified atom stereocenters. The van der Waals surface area contributed by atoms with Crippen molar-refractivity contribution in [2.75, 3.05) is 25.2 Å². The molecule has 0 bridgehead atoms. The molecule has 1 rings (SSSR count). The summed E-state index contributed by atoms with van der Waals surface area (Å²) in [7, 11) is 0. The number of amides is 1. The fraction of sp³-hybridized carbons (Fsp3) is 0.929. The Morgan fingerprint density at radius 1 is 1.60 bits per heavy atom. The van der Waals surface area contributed by atoms with Crippen molar-refractivity contribution in [1.82, 2.24) is 5.32 Å². The quantitative estimate of drug-likeness (QED) is 0.646. The largest absolute Gasteiger partial charge is 0.387 e. The molecule has 1 fully saturated rings. The first-order chi connectivity index (χ1) is 9.10. The van der Waals surface area contributed by atoms with Crippen molar-refractivity contribution in [3.8, 4) is 0 Å². The van der Waals surface area contributed by atoms with Crippen molar-refractivity contribution >= 4 is 17.7 Å². The molecule has 0 radical (unpaired) electrons. The first-order valence-corrected chi connectivity index (χ1v) is 8.40. The van der Waals surface area contributed by atoms with Crippen LogP contribution in [-0.2, 0) is 9.53 Å². The van der Waals surface area contributed by atoms with Crippen LogP contribution in [0.4, 0.5) is 0 Å². The fourth-order valence-electron chi connectivity index (χ4n) is 2.61. The van der Waals surface area contributed by atoms with E-state index < -0.39 is 16.6 Å². The Morgan fingerprint density at radius 2 is 2.20 bits per heavy atom. The zero-order valence-electron chi connectivity index (χ0n) is 13.2. The van der Waals surface area contributed by atoms with Gasteiger partial charge in [-0.15, -0.1) is 0 Å². The molecule has 0 spiro atoms. The molecule has 0 aliphatic heterocycles. The summed E-state index contributed by atoms with van der Waals surface area (Å²) in [6, 6.07) is 0. The van der Waals surface area contributed by atoms with Crippen LogP contribution in [0.5, 0.6) is 0 Å². The predicted molar refractivity (Wildman–Crippen MR) is 82.7 cm³/mol. The number of nitrogens with one attached hydrogen (secondary N) is 1. The van der Waals surface area contributed by atoms with Gasteiger partial charge in [0.15, 0.2) is 0 Å². The first-order valence-electron chi connectivity index (χ1n) is 7.01. The lowest BCUT2D eigenvalue weighted by atomic mass is 9.54. The van der Waals surface area contributed by atoms with Crippen LogP contribution >= 0.6 is 11.8 Å². The monoisotopic (exact) mass is 304 g/mol. The molecule has 0 aromatic rings. The second-order valence-electron chi connectivity index (χ2n) is 6.45. The van der Waals surface area contributed by atoms with Crippen LogP contribution in [-0.4, -0.2) is 53.4 Å². The Hall–Kier alpha value is -0.300. The maximum absolute atomic E-state index is 12.4. The fourth-order valence-corrected chi connectivity index (χ4v) is 3.33. The van der Waals surface area contributed by atoms with Crippen LogP contribution in [0.2, 0.25) is 0 Å². The van der Waals surface area contributed by atoms with Crippen molar-refractivity contribution in [3.63, 3.8) is 0 Å². The number of carbonyl (C=O) groups is 1. The van der Waals surface area contributed by atoms with Crippen molar-refractivity contribution in [2.24, 2.45) is 11.1 Å². The molecule has 1 aliphatic carbocycles. The van der Waals surface area contributed by atoms with Gasteiger partial charge in [0.2, 0.25) is 5.91 Å². The Labute approximate surface area is 126 Å². The van der Waals surface area contributed by atoms with E-state index in [9.17, 15) is 9.90 Å². The predicted octanol–water partition coefficient (Wildman–Crippen LogP) is 0.749. The second kappa shape index (κ2) is 6.22. The van der Waals surface area contributed by atoms with E-state index in [2.05, 4.69) is 5.32 Å². The SMILES string of the molecule is CCOC1CC(N)(C(=O)NCC(C)(O)CSC)C1(C)C. The second-order valence-corrected chi connectivity index (χ2v) is 7.32. The van der Waals surface area contributed by atoms with E-state index >= 15 is 0 Å². The smallest absolute Gasteiger partial charge is 0.240 e. The molecule has 1 amide bonds. The van der Waals surface area contributed by atoms with Crippen LogP contribution in [0.3, 0.4) is 0 Å². The van der Waals surface area contributed by atoms with Crippen LogP contribution in [0.15, 0.2) is 0 Å². The van der Waals surface area contributed by atoms with Gasteiger partial charge >= 0.3 is 0 Å². The van der Waals surface area contributed by atoms with E-state index in [0.29, 0.717) is 18.8 Å². The number of hydrogen-bond acceptors (Lipinski definition) is 5. The lowest BCUT2D eigenvalue weighted by molar-refractivity contribution is -0.171. The van der Waals surface area contributed by atoms with Gasteiger partial charge in [-0.2, -0.15) is 11.8 Å². The maximum Gasteiger partial charge on any atom is 0.240 e. The summed E-state index contributed by atoms with van der Waals surface area (Å²) in [4.78, 5) is 12.4. The molecule has 5 nitrogen and oxygen atoms in total. The first kappa shape index (κ1) is 17.8. The number of ether oxygens (including phenoxy) is 1. The van der Waals surface area contributed by atoms with Crippen LogP contribution in [0.1, 0.15) is 34.1 Å². The molecule has 0 heterocycles. The van der Waals surface area contributed by atoms with E-state index in [4.69, 9.17) is 10.5 Å². The normalized spacial score (nSPS) is 31.2. The van der Waals surface area contributed by atoms with E-state index in [1.165, 1.54) is 0 Å². The summed E-state index contributed by atoms with van der Waals surface area (Å²) in [5.41, 5.74) is 4.02. The van der Waals surface area contributed by atoms with Gasteiger partial charge in [0.25, 0.3) is 0 Å². The maximum atomic E-state index is 12.4. The number of hydrogen-bond donors (Lipinski definition) is 3. The highest BCUT2D eigenvalue weighted by Crippen LogP contribution is 2.49. The number of thioether (sulfide) groups is 1. The van der Waals surface area contributed by atoms with Gasteiger partial charge in [-0.1, -0.05) is 13.8 Å². The minimum atomic E-state index is -0.928. The van der Waals surface area contributed by atoms with Crippen molar-refractivity contribution in [3.05, 3.63) is 0 Å². The number of rotatable bonds is 7. The molecule has 3 atom stereocenters. The van der Waals surface area contributed by atoms with Gasteiger partial charge in [-0.3, -0.25) is 4.79 Å². The lowest BCUT2D eigenvalue weighted by Crippen LogP contribution is -2.76. The van der Waals surface area contributed by atoms with E-state index in [0.717, 1.165) is 0 Å². The summed E-state index contributed by atoms with van der Waals surface area (Å²) in [6.45, 7) is 8.39. The summed E-state index contributed by atoms with van der Waals surface area (Å²) in [6.07, 6.45) is 2.45. The summed E-state index contributed by atoms with van der Waals surface area (Å²) in [5.74, 6) is 0.357. The highest BCUT2D eigenvalue weighted by molar-refractivity contribution is 7.98. The Kier molecular flexibility index (Phi) is 5.52. The van der Waals surface area contributed by atoms with Gasteiger partial charge in [0, 0.05) is 30.7 Å². The minimum absolute atomic E-state index is 0.00922. The molecule has 6 heteroatoms. The molecule has 20 heavy (non-hydrogen) atoms. The Morgan fingerprint density at radius 3 is 2.65 bits per heavy atom. The van der Waals surface area contributed by atoms with E-state index in [-0.39, 0.29) is 18.6 Å². The molecule has 118 valence electrons. The number of nitrogens with two attached hydrogens (primary N) is 1. The summed E-state index contributed by atoms with van der Waals surface area (Å²) < 4.78 is 5.61. The third kappa shape index (κ3) is 3.30. The van der Waals surface area contributed by atoms with Crippen LogP contribution in [0.25, 0.3) is 0 Å². The summed E-state index contributed by atoms with van der Waals surface area (Å²) >= 11 is 1.54. The highest BCUT2D eigenvalue weighted by Gasteiger charge is 2.62. The van der Waals surface area contributed by atoms with E-state index in [1.807, 2.05) is 27.0 Å². The minimum Gasteiger partial charge on any atom is -0.387 e. The zero-order chi connectivity index (χ0) is 15.6. The third-order valence-corrected chi connectivity index (χ3v) is 5.23. The number of carbonyl (C=O) groups excluding carboxylic acids is 1. The molecule has 4 N–H and O–H groups in total. The van der Waals surface area contributed by atoms with Gasteiger partial charge in [0.1, 0.15) is 5.54 Å². The van der Waals surface area contributed by atoms with Crippen molar-refractivity contribution in [1.29, 1.82) is 0 Å². The van der Waals surface area contributed by atoms with Gasteiger partial charge < -0.3 is 20.9 Å². The van der Waals surface area contributed by atoms with Gasteiger partial charge in [0.05, 0.1) is 11.7 Å².